The topological polar surface area (TPSA) is 110 Å². The molecule has 1 fully saturated rings. The van der Waals surface area contributed by atoms with Crippen molar-refractivity contribution in [2.75, 3.05) is 0 Å². The number of aliphatic carboxylic acids is 1. The van der Waals surface area contributed by atoms with Crippen molar-refractivity contribution in [3.05, 3.63) is 39.4 Å². The molecule has 3 atom stereocenters. The summed E-state index contributed by atoms with van der Waals surface area (Å²) < 4.78 is 0. The first-order valence-electron chi connectivity index (χ1n) is 7.09. The number of nitrogens with one attached hydrogen (secondary N) is 1. The van der Waals surface area contributed by atoms with Gasteiger partial charge in [0.05, 0.1) is 22.8 Å². The van der Waals surface area contributed by atoms with Crippen LogP contribution >= 0.6 is 0 Å². The third kappa shape index (κ3) is 3.08. The van der Waals surface area contributed by atoms with E-state index in [-0.39, 0.29) is 11.6 Å². The van der Waals surface area contributed by atoms with Gasteiger partial charge in [-0.25, -0.2) is 0 Å². The predicted molar refractivity (Wildman–Crippen MR) is 78.2 cm³/mol. The Morgan fingerprint density at radius 1 is 1.36 bits per heavy atom. The highest BCUT2D eigenvalue weighted by atomic mass is 16.6. The molecule has 0 radical (unpaired) electrons. The van der Waals surface area contributed by atoms with Crippen molar-refractivity contribution >= 4 is 17.6 Å². The minimum atomic E-state index is -0.954. The Bertz CT molecular complexity index is 628. The summed E-state index contributed by atoms with van der Waals surface area (Å²) in [5.74, 6) is -2.40. The van der Waals surface area contributed by atoms with Gasteiger partial charge in [0.2, 0.25) is 5.91 Å². The molecule has 1 amide bonds. The van der Waals surface area contributed by atoms with Gasteiger partial charge in [0.15, 0.2) is 0 Å². The first-order chi connectivity index (χ1) is 10.3. The molecule has 0 bridgehead atoms. The summed E-state index contributed by atoms with van der Waals surface area (Å²) in [6.45, 7) is 3.37. The Labute approximate surface area is 127 Å². The molecule has 0 aliphatic heterocycles. The predicted octanol–water partition coefficient (Wildman–Crippen LogP) is 2.19. The number of nitro groups is 1. The summed E-state index contributed by atoms with van der Waals surface area (Å²) in [6.07, 6.45) is 1.07. The van der Waals surface area contributed by atoms with Gasteiger partial charge < -0.3 is 10.4 Å². The third-order valence-electron chi connectivity index (χ3n) is 4.22. The summed E-state index contributed by atoms with van der Waals surface area (Å²) in [7, 11) is 0. The van der Waals surface area contributed by atoms with Gasteiger partial charge in [-0.3, -0.25) is 19.7 Å². The highest BCUT2D eigenvalue weighted by Gasteiger charge is 2.41. The van der Waals surface area contributed by atoms with Crippen LogP contribution in [0.2, 0.25) is 0 Å². The average molecular weight is 306 g/mol. The number of aryl methyl sites for hydroxylation is 1. The number of nitrogens with zero attached hydrogens (tertiary/aromatic N) is 1. The van der Waals surface area contributed by atoms with Gasteiger partial charge in [-0.15, -0.1) is 0 Å². The zero-order valence-electron chi connectivity index (χ0n) is 12.4. The zero-order chi connectivity index (χ0) is 16.4. The third-order valence-corrected chi connectivity index (χ3v) is 4.22. The average Bonchev–Trinajstić information content (AvgIpc) is 2.36. The minimum absolute atomic E-state index is 0.00524. The fourth-order valence-electron chi connectivity index (χ4n) is 2.61. The van der Waals surface area contributed by atoms with E-state index in [0.29, 0.717) is 24.0 Å². The Balaban J connectivity index is 2.08. The Morgan fingerprint density at radius 3 is 2.50 bits per heavy atom. The Morgan fingerprint density at radius 2 is 2.00 bits per heavy atom. The monoisotopic (exact) mass is 306 g/mol. The van der Waals surface area contributed by atoms with E-state index in [0.717, 1.165) is 0 Å². The number of hydrogen-bond acceptors (Lipinski definition) is 4. The van der Waals surface area contributed by atoms with Crippen molar-refractivity contribution < 1.29 is 19.6 Å². The smallest absolute Gasteiger partial charge is 0.307 e. The van der Waals surface area contributed by atoms with Crippen LogP contribution in [-0.4, -0.2) is 21.9 Å². The van der Waals surface area contributed by atoms with Gasteiger partial charge in [0, 0.05) is 11.6 Å². The van der Waals surface area contributed by atoms with E-state index in [9.17, 15) is 19.7 Å². The first-order valence-corrected chi connectivity index (χ1v) is 7.09. The number of rotatable bonds is 5. The van der Waals surface area contributed by atoms with Crippen LogP contribution in [0.4, 0.5) is 5.69 Å². The van der Waals surface area contributed by atoms with Gasteiger partial charge in [-0.2, -0.15) is 0 Å². The number of benzene rings is 1. The van der Waals surface area contributed by atoms with E-state index in [2.05, 4.69) is 5.32 Å². The molecule has 0 spiro atoms. The van der Waals surface area contributed by atoms with Crippen molar-refractivity contribution in [3.63, 3.8) is 0 Å². The Hall–Kier alpha value is -2.44. The van der Waals surface area contributed by atoms with Gasteiger partial charge in [0.25, 0.3) is 5.69 Å². The molecule has 2 N–H and O–H groups in total. The lowest BCUT2D eigenvalue weighted by atomic mass is 9.73. The van der Waals surface area contributed by atoms with E-state index in [1.165, 1.54) is 6.07 Å². The van der Waals surface area contributed by atoms with Crippen LogP contribution in [0.3, 0.4) is 0 Å². The zero-order valence-corrected chi connectivity index (χ0v) is 12.4. The molecule has 0 saturated heterocycles. The number of carbonyl (C=O) groups is 2. The fourth-order valence-corrected chi connectivity index (χ4v) is 2.61. The normalized spacial score (nSPS) is 21.5. The van der Waals surface area contributed by atoms with Crippen LogP contribution < -0.4 is 5.32 Å². The minimum Gasteiger partial charge on any atom is -0.481 e. The molecule has 3 unspecified atom stereocenters. The number of carboxylic acids is 1. The largest absolute Gasteiger partial charge is 0.481 e. The van der Waals surface area contributed by atoms with Crippen molar-refractivity contribution in [3.8, 4) is 0 Å². The fraction of sp³-hybridized carbons (Fsp3) is 0.467. The number of nitro benzene ring substituents is 1. The molecule has 118 valence electrons. The van der Waals surface area contributed by atoms with E-state index in [1.807, 2.05) is 0 Å². The van der Waals surface area contributed by atoms with Crippen molar-refractivity contribution in [1.29, 1.82) is 0 Å². The molecule has 1 aromatic rings. The molecule has 22 heavy (non-hydrogen) atoms. The lowest BCUT2D eigenvalue weighted by Crippen LogP contribution is -2.44. The second kappa shape index (κ2) is 6.13. The summed E-state index contributed by atoms with van der Waals surface area (Å²) in [5, 5.41) is 22.7. The number of carbonyl (C=O) groups excluding carboxylic acids is 1. The van der Waals surface area contributed by atoms with Crippen LogP contribution in [0.1, 0.15) is 36.9 Å². The van der Waals surface area contributed by atoms with E-state index in [1.54, 1.807) is 26.0 Å². The highest BCUT2D eigenvalue weighted by Crippen LogP contribution is 2.35. The second-order valence-electron chi connectivity index (χ2n) is 5.66. The molecular weight excluding hydrogens is 288 g/mol. The number of amides is 1. The SMILES string of the molecule is Cc1ccc(C(C)NC(=O)C2CCC2C(=O)O)cc1[N+](=O)[O-]. The summed E-state index contributed by atoms with van der Waals surface area (Å²) in [4.78, 5) is 33.6. The highest BCUT2D eigenvalue weighted by molar-refractivity contribution is 5.86. The van der Waals surface area contributed by atoms with Gasteiger partial charge >= 0.3 is 5.97 Å². The lowest BCUT2D eigenvalue weighted by Gasteiger charge is -2.33. The summed E-state index contributed by atoms with van der Waals surface area (Å²) in [6, 6.07) is 4.39. The van der Waals surface area contributed by atoms with Crippen LogP contribution in [0.25, 0.3) is 0 Å². The van der Waals surface area contributed by atoms with E-state index >= 15 is 0 Å². The number of hydrogen-bond donors (Lipinski definition) is 2. The Kier molecular flexibility index (Phi) is 4.44. The molecule has 1 aliphatic rings. The molecule has 1 aliphatic carbocycles. The van der Waals surface area contributed by atoms with Crippen LogP contribution in [0, 0.1) is 28.9 Å². The summed E-state index contributed by atoms with van der Waals surface area (Å²) in [5.41, 5.74) is 1.18. The van der Waals surface area contributed by atoms with Gasteiger partial charge in [-0.1, -0.05) is 12.1 Å². The van der Waals surface area contributed by atoms with Crippen molar-refractivity contribution in [2.24, 2.45) is 11.8 Å². The molecule has 2 rings (SSSR count). The van der Waals surface area contributed by atoms with Crippen molar-refractivity contribution in [1.82, 2.24) is 5.32 Å². The van der Waals surface area contributed by atoms with Crippen LogP contribution in [-0.2, 0) is 9.59 Å². The first kappa shape index (κ1) is 15.9. The lowest BCUT2D eigenvalue weighted by molar-refractivity contribution is -0.385. The number of carboxylic acid groups (broad SMARTS) is 1. The molecule has 7 nitrogen and oxygen atoms in total. The molecule has 1 aromatic carbocycles. The van der Waals surface area contributed by atoms with Crippen molar-refractivity contribution in [2.45, 2.75) is 32.7 Å². The standard InChI is InChI=1S/C15H18N2O5/c1-8-3-4-10(7-13(8)17(21)22)9(2)16-14(18)11-5-6-12(11)15(19)20/h3-4,7,9,11-12H,5-6H2,1-2H3,(H,16,18)(H,19,20). The molecule has 1 saturated carbocycles. The second-order valence-corrected chi connectivity index (χ2v) is 5.66. The molecule has 0 aromatic heterocycles. The maximum absolute atomic E-state index is 12.1. The van der Waals surface area contributed by atoms with Gasteiger partial charge in [0.1, 0.15) is 0 Å². The quantitative estimate of drug-likeness (QED) is 0.640. The molecule has 0 heterocycles. The maximum atomic E-state index is 12.1. The van der Waals surface area contributed by atoms with Gasteiger partial charge in [-0.05, 0) is 32.3 Å². The van der Waals surface area contributed by atoms with E-state index < -0.39 is 28.8 Å². The summed E-state index contributed by atoms with van der Waals surface area (Å²) >= 11 is 0. The maximum Gasteiger partial charge on any atom is 0.307 e. The van der Waals surface area contributed by atoms with E-state index in [4.69, 9.17) is 5.11 Å². The molecular formula is C15H18N2O5. The molecule has 7 heteroatoms. The van der Waals surface area contributed by atoms with Crippen LogP contribution in [0.15, 0.2) is 18.2 Å². The van der Waals surface area contributed by atoms with Crippen LogP contribution in [0.5, 0.6) is 0 Å².